The van der Waals surface area contributed by atoms with E-state index in [1.165, 1.54) is 10.2 Å². The Morgan fingerprint density at radius 2 is 1.96 bits per heavy atom. The highest BCUT2D eigenvalue weighted by Gasteiger charge is 2.16. The summed E-state index contributed by atoms with van der Waals surface area (Å²) in [5.41, 5.74) is 8.34. The summed E-state index contributed by atoms with van der Waals surface area (Å²) < 4.78 is 1.53. The Hall–Kier alpha value is -2.41. The maximum Gasteiger partial charge on any atom is 0.269 e. The molecule has 2 aromatic rings. The molecule has 1 aromatic heterocycles. The number of rotatable bonds is 5. The molecule has 0 aliphatic rings. The Kier molecular flexibility index (Phi) is 5.33. The Bertz CT molecular complexity index is 706. The fourth-order valence-corrected chi connectivity index (χ4v) is 2.44. The van der Waals surface area contributed by atoms with Gasteiger partial charge in [0, 0.05) is 12.2 Å². The largest absolute Gasteiger partial charge is 0.364 e. The van der Waals surface area contributed by atoms with Gasteiger partial charge in [-0.15, -0.1) is 0 Å². The molecule has 122 valence electrons. The minimum Gasteiger partial charge on any atom is -0.364 e. The molecule has 1 heterocycles. The number of carbonyl (C=O) groups excluding carboxylic acids is 1. The molecule has 0 atom stereocenters. The van der Waals surface area contributed by atoms with Gasteiger partial charge >= 0.3 is 0 Å². The molecule has 0 aliphatic heterocycles. The third-order valence-corrected chi connectivity index (χ3v) is 3.66. The van der Waals surface area contributed by atoms with E-state index in [9.17, 15) is 4.79 Å². The van der Waals surface area contributed by atoms with Gasteiger partial charge < -0.3 is 16.4 Å². The van der Waals surface area contributed by atoms with Gasteiger partial charge in [0.1, 0.15) is 5.69 Å². The first-order valence-electron chi connectivity index (χ1n) is 7.46. The van der Waals surface area contributed by atoms with Gasteiger partial charge in [-0.2, -0.15) is 5.10 Å². The van der Waals surface area contributed by atoms with E-state index in [2.05, 4.69) is 41.7 Å². The lowest BCUT2D eigenvalue weighted by molar-refractivity contribution is 0.0991. The number of aromatic nitrogens is 2. The molecule has 1 amide bonds. The van der Waals surface area contributed by atoms with Gasteiger partial charge in [0.25, 0.3) is 5.91 Å². The molecule has 2 rings (SSSR count). The smallest absolute Gasteiger partial charge is 0.269 e. The monoisotopic (exact) mass is 331 g/mol. The van der Waals surface area contributed by atoms with E-state index in [-0.39, 0.29) is 0 Å². The first-order chi connectivity index (χ1) is 10.9. The molecule has 0 spiro atoms. The second kappa shape index (κ2) is 7.23. The average Bonchev–Trinajstić information content (AvgIpc) is 2.90. The van der Waals surface area contributed by atoms with E-state index in [4.69, 9.17) is 18.0 Å². The third kappa shape index (κ3) is 4.07. The van der Waals surface area contributed by atoms with Crippen molar-refractivity contribution in [1.82, 2.24) is 9.78 Å². The summed E-state index contributed by atoms with van der Waals surface area (Å²) in [7, 11) is 0. The number of hydrogen-bond donors (Lipinski definition) is 3. The van der Waals surface area contributed by atoms with E-state index < -0.39 is 5.91 Å². The standard InChI is InChI=1S/C16H21N5OS/c1-4-21-14(15(17)22)13(9-18-21)20-16(23)19-12-7-5-11(6-8-12)10(2)3/h5-10H,4H2,1-3H3,(H2,17,22)(H2,19,20,23). The van der Waals surface area contributed by atoms with E-state index >= 15 is 0 Å². The van der Waals surface area contributed by atoms with E-state index in [1.807, 2.05) is 19.1 Å². The number of nitrogens with one attached hydrogen (secondary N) is 2. The molecule has 0 aliphatic carbocycles. The molecule has 0 saturated heterocycles. The van der Waals surface area contributed by atoms with Crippen LogP contribution in [0.2, 0.25) is 0 Å². The van der Waals surface area contributed by atoms with Gasteiger partial charge in [0.05, 0.1) is 11.9 Å². The van der Waals surface area contributed by atoms with Crippen LogP contribution in [0.4, 0.5) is 11.4 Å². The SMILES string of the molecule is CCn1ncc(NC(=S)Nc2ccc(C(C)C)cc2)c1C(N)=O. The van der Waals surface area contributed by atoms with E-state index in [1.54, 1.807) is 6.20 Å². The normalized spacial score (nSPS) is 10.6. The van der Waals surface area contributed by atoms with Crippen molar-refractivity contribution < 1.29 is 4.79 Å². The molecule has 7 heteroatoms. The fourth-order valence-electron chi connectivity index (χ4n) is 2.21. The van der Waals surface area contributed by atoms with Crippen molar-refractivity contribution in [2.24, 2.45) is 5.73 Å². The number of nitrogens with two attached hydrogens (primary N) is 1. The molecular formula is C16H21N5OS. The lowest BCUT2D eigenvalue weighted by atomic mass is 10.0. The van der Waals surface area contributed by atoms with Gasteiger partial charge in [0.15, 0.2) is 5.11 Å². The Balaban J connectivity index is 2.08. The van der Waals surface area contributed by atoms with Crippen LogP contribution in [0.1, 0.15) is 42.7 Å². The maximum atomic E-state index is 11.6. The van der Waals surface area contributed by atoms with Crippen LogP contribution in [0.3, 0.4) is 0 Å². The van der Waals surface area contributed by atoms with Crippen LogP contribution in [-0.4, -0.2) is 20.8 Å². The first-order valence-corrected chi connectivity index (χ1v) is 7.86. The van der Waals surface area contributed by atoms with Gasteiger partial charge in [-0.05, 0) is 42.8 Å². The minimum absolute atomic E-state index is 0.312. The van der Waals surface area contributed by atoms with Gasteiger partial charge in [-0.1, -0.05) is 26.0 Å². The molecule has 0 unspecified atom stereocenters. The highest BCUT2D eigenvalue weighted by molar-refractivity contribution is 7.80. The van der Waals surface area contributed by atoms with Crippen molar-refractivity contribution in [1.29, 1.82) is 0 Å². The Morgan fingerprint density at radius 1 is 1.30 bits per heavy atom. The van der Waals surface area contributed by atoms with Crippen molar-refractivity contribution in [3.8, 4) is 0 Å². The molecule has 0 bridgehead atoms. The predicted octanol–water partition coefficient (Wildman–Crippen LogP) is 2.93. The van der Waals surface area contributed by atoms with Crippen LogP contribution >= 0.6 is 12.2 Å². The zero-order chi connectivity index (χ0) is 17.0. The molecule has 4 N–H and O–H groups in total. The van der Waals surface area contributed by atoms with Crippen LogP contribution in [-0.2, 0) is 6.54 Å². The van der Waals surface area contributed by atoms with Crippen LogP contribution in [0.25, 0.3) is 0 Å². The molecule has 23 heavy (non-hydrogen) atoms. The second-order valence-corrected chi connectivity index (χ2v) is 5.85. The van der Waals surface area contributed by atoms with Crippen molar-refractivity contribution in [3.05, 3.63) is 41.7 Å². The number of aryl methyl sites for hydroxylation is 1. The van der Waals surface area contributed by atoms with Crippen molar-refractivity contribution in [2.45, 2.75) is 33.2 Å². The number of anilines is 2. The second-order valence-electron chi connectivity index (χ2n) is 5.44. The Morgan fingerprint density at radius 3 is 2.48 bits per heavy atom. The minimum atomic E-state index is -0.545. The number of carbonyl (C=O) groups is 1. The number of hydrogen-bond acceptors (Lipinski definition) is 3. The van der Waals surface area contributed by atoms with Crippen LogP contribution in [0, 0.1) is 0 Å². The lowest BCUT2D eigenvalue weighted by Crippen LogP contribution is -2.23. The molecular weight excluding hydrogens is 310 g/mol. The van der Waals surface area contributed by atoms with Gasteiger partial charge in [-0.25, -0.2) is 0 Å². The summed E-state index contributed by atoms with van der Waals surface area (Å²) in [6.45, 7) is 6.73. The third-order valence-electron chi connectivity index (χ3n) is 3.46. The Labute approximate surface area is 141 Å². The van der Waals surface area contributed by atoms with Crippen LogP contribution in [0.5, 0.6) is 0 Å². The first kappa shape index (κ1) is 17.0. The highest BCUT2D eigenvalue weighted by Crippen LogP contribution is 2.18. The zero-order valence-electron chi connectivity index (χ0n) is 13.5. The quantitative estimate of drug-likeness (QED) is 0.734. The number of thiocarbonyl (C=S) groups is 1. The summed E-state index contributed by atoms with van der Waals surface area (Å²) in [6, 6.07) is 8.04. The van der Waals surface area contributed by atoms with Gasteiger partial charge in [-0.3, -0.25) is 9.48 Å². The fraction of sp³-hybridized carbons (Fsp3) is 0.312. The molecule has 1 aromatic carbocycles. The van der Waals surface area contributed by atoms with Crippen LogP contribution in [0.15, 0.2) is 30.5 Å². The summed E-state index contributed by atoms with van der Waals surface area (Å²) in [4.78, 5) is 11.6. The number of primary amides is 1. The summed E-state index contributed by atoms with van der Waals surface area (Å²) in [5.74, 6) is -0.0666. The molecule has 0 saturated carbocycles. The van der Waals surface area contributed by atoms with E-state index in [0.29, 0.717) is 29.0 Å². The summed E-state index contributed by atoms with van der Waals surface area (Å²) in [6.07, 6.45) is 1.54. The highest BCUT2D eigenvalue weighted by atomic mass is 32.1. The average molecular weight is 331 g/mol. The molecule has 0 fully saturated rings. The van der Waals surface area contributed by atoms with Crippen molar-refractivity contribution >= 4 is 34.6 Å². The zero-order valence-corrected chi connectivity index (χ0v) is 14.3. The van der Waals surface area contributed by atoms with Crippen LogP contribution < -0.4 is 16.4 Å². The van der Waals surface area contributed by atoms with Crippen molar-refractivity contribution in [2.75, 3.05) is 10.6 Å². The number of amides is 1. The number of benzene rings is 1. The summed E-state index contributed by atoms with van der Waals surface area (Å²) in [5, 5.41) is 10.5. The number of nitrogens with zero attached hydrogens (tertiary/aromatic N) is 2. The van der Waals surface area contributed by atoms with Gasteiger partial charge in [0.2, 0.25) is 0 Å². The summed E-state index contributed by atoms with van der Waals surface area (Å²) >= 11 is 5.28. The lowest BCUT2D eigenvalue weighted by Gasteiger charge is -2.12. The predicted molar refractivity (Wildman–Crippen MR) is 96.8 cm³/mol. The molecule has 0 radical (unpaired) electrons. The molecule has 6 nitrogen and oxygen atoms in total. The maximum absolute atomic E-state index is 11.6. The van der Waals surface area contributed by atoms with E-state index in [0.717, 1.165) is 5.69 Å². The topological polar surface area (TPSA) is 85.0 Å². The van der Waals surface area contributed by atoms with Crippen molar-refractivity contribution in [3.63, 3.8) is 0 Å².